The standard InChI is InChI=1S/C21H22FNO4S/c1-14(24)28-13-17(10-15-6-5-9-18(22)11-15)21(27)20(23-12-19(25)26)16-7-3-2-4-8-16/h2-9,11,17,20,23H,10,12-13H2,1H3,(H,25,26). The number of thioether (sulfide) groups is 1. The fraction of sp³-hybridized carbons (Fsp3) is 0.286. The van der Waals surface area contributed by atoms with Crippen LogP contribution in [0.4, 0.5) is 4.39 Å². The number of nitrogens with one attached hydrogen (secondary N) is 1. The molecule has 2 aromatic carbocycles. The average molecular weight is 403 g/mol. The molecule has 28 heavy (non-hydrogen) atoms. The molecule has 0 aliphatic carbocycles. The fourth-order valence-electron chi connectivity index (χ4n) is 2.86. The Morgan fingerprint density at radius 3 is 2.43 bits per heavy atom. The van der Waals surface area contributed by atoms with Crippen LogP contribution in [0.15, 0.2) is 54.6 Å². The first-order valence-corrected chi connectivity index (χ1v) is 9.77. The number of carboxylic acids is 1. The maximum Gasteiger partial charge on any atom is 0.317 e. The largest absolute Gasteiger partial charge is 0.480 e. The topological polar surface area (TPSA) is 83.5 Å². The van der Waals surface area contributed by atoms with E-state index >= 15 is 0 Å². The molecule has 0 aromatic heterocycles. The molecule has 0 fully saturated rings. The first-order valence-electron chi connectivity index (χ1n) is 8.78. The third-order valence-electron chi connectivity index (χ3n) is 4.14. The van der Waals surface area contributed by atoms with Gasteiger partial charge in [-0.25, -0.2) is 4.39 Å². The predicted octanol–water partition coefficient (Wildman–Crippen LogP) is 3.25. The van der Waals surface area contributed by atoms with Crippen LogP contribution in [0.1, 0.15) is 24.1 Å². The number of carbonyl (C=O) groups is 3. The zero-order valence-corrected chi connectivity index (χ0v) is 16.2. The number of Topliss-reactive ketones (excluding diaryl/α,β-unsaturated/α-hetero) is 1. The van der Waals surface area contributed by atoms with E-state index in [1.165, 1.54) is 19.1 Å². The fourth-order valence-corrected chi connectivity index (χ4v) is 3.58. The molecular weight excluding hydrogens is 381 g/mol. The molecule has 7 heteroatoms. The second kappa shape index (κ2) is 10.7. The van der Waals surface area contributed by atoms with E-state index in [0.717, 1.165) is 11.8 Å². The zero-order valence-electron chi connectivity index (χ0n) is 15.4. The maximum absolute atomic E-state index is 13.5. The van der Waals surface area contributed by atoms with Gasteiger partial charge >= 0.3 is 5.97 Å². The van der Waals surface area contributed by atoms with Crippen molar-refractivity contribution in [2.45, 2.75) is 19.4 Å². The Bertz CT molecular complexity index is 828. The lowest BCUT2D eigenvalue weighted by Gasteiger charge is -2.23. The van der Waals surface area contributed by atoms with Gasteiger partial charge in [-0.1, -0.05) is 54.2 Å². The van der Waals surface area contributed by atoms with E-state index in [1.54, 1.807) is 42.5 Å². The Hall–Kier alpha value is -2.51. The number of carboxylic acid groups (broad SMARTS) is 1. The summed E-state index contributed by atoms with van der Waals surface area (Å²) in [7, 11) is 0. The molecule has 2 atom stereocenters. The van der Waals surface area contributed by atoms with Crippen molar-refractivity contribution >= 4 is 28.6 Å². The molecule has 0 aliphatic rings. The second-order valence-corrected chi connectivity index (χ2v) is 7.55. The summed E-state index contributed by atoms with van der Waals surface area (Å²) in [5.41, 5.74) is 1.29. The number of hydrogen-bond acceptors (Lipinski definition) is 5. The molecule has 0 bridgehead atoms. The van der Waals surface area contributed by atoms with Gasteiger partial charge in [0.15, 0.2) is 10.9 Å². The molecule has 0 aliphatic heterocycles. The van der Waals surface area contributed by atoms with Crippen LogP contribution in [0.25, 0.3) is 0 Å². The van der Waals surface area contributed by atoms with Gasteiger partial charge in [0.05, 0.1) is 12.6 Å². The molecule has 148 valence electrons. The van der Waals surface area contributed by atoms with Crippen molar-refractivity contribution in [3.8, 4) is 0 Å². The van der Waals surface area contributed by atoms with Crippen LogP contribution in [0.3, 0.4) is 0 Å². The molecule has 0 heterocycles. The molecule has 0 spiro atoms. The second-order valence-electron chi connectivity index (χ2n) is 6.35. The lowest BCUT2D eigenvalue weighted by molar-refractivity contribution is -0.136. The van der Waals surface area contributed by atoms with Crippen LogP contribution >= 0.6 is 11.8 Å². The van der Waals surface area contributed by atoms with Gasteiger partial charge in [0.2, 0.25) is 0 Å². The highest BCUT2D eigenvalue weighted by molar-refractivity contribution is 8.13. The van der Waals surface area contributed by atoms with Crippen LogP contribution in [0.2, 0.25) is 0 Å². The minimum absolute atomic E-state index is 0.119. The van der Waals surface area contributed by atoms with Crippen LogP contribution in [0.5, 0.6) is 0 Å². The molecule has 2 unspecified atom stereocenters. The summed E-state index contributed by atoms with van der Waals surface area (Å²) in [5, 5.41) is 11.7. The summed E-state index contributed by atoms with van der Waals surface area (Å²) in [6.45, 7) is 1.05. The quantitative estimate of drug-likeness (QED) is 0.634. The SMILES string of the molecule is CC(=O)SCC(Cc1cccc(F)c1)C(=O)C(NCC(=O)O)c1ccccc1. The van der Waals surface area contributed by atoms with Gasteiger partial charge < -0.3 is 5.11 Å². The van der Waals surface area contributed by atoms with Crippen molar-refractivity contribution in [1.82, 2.24) is 5.32 Å². The first kappa shape index (κ1) is 21.8. The molecule has 0 saturated carbocycles. The van der Waals surface area contributed by atoms with Gasteiger partial charge in [0.1, 0.15) is 5.82 Å². The molecule has 2 aromatic rings. The van der Waals surface area contributed by atoms with Gasteiger partial charge in [0, 0.05) is 18.6 Å². The van der Waals surface area contributed by atoms with E-state index < -0.39 is 23.7 Å². The van der Waals surface area contributed by atoms with Crippen molar-refractivity contribution in [2.75, 3.05) is 12.3 Å². The number of ketones is 1. The van der Waals surface area contributed by atoms with E-state index in [-0.39, 0.29) is 29.6 Å². The van der Waals surface area contributed by atoms with Crippen molar-refractivity contribution in [1.29, 1.82) is 0 Å². The highest BCUT2D eigenvalue weighted by atomic mass is 32.2. The Morgan fingerprint density at radius 1 is 1.11 bits per heavy atom. The van der Waals surface area contributed by atoms with Crippen LogP contribution in [-0.4, -0.2) is 34.3 Å². The van der Waals surface area contributed by atoms with Crippen molar-refractivity contribution < 1.29 is 23.9 Å². The highest BCUT2D eigenvalue weighted by Gasteiger charge is 2.29. The summed E-state index contributed by atoms with van der Waals surface area (Å²) >= 11 is 1.03. The number of halogens is 1. The Kier molecular flexibility index (Phi) is 8.35. The summed E-state index contributed by atoms with van der Waals surface area (Å²) < 4.78 is 13.5. The lowest BCUT2D eigenvalue weighted by atomic mass is 9.89. The summed E-state index contributed by atoms with van der Waals surface area (Å²) in [5.74, 6) is -2.05. The van der Waals surface area contributed by atoms with Crippen molar-refractivity contribution in [3.05, 3.63) is 71.5 Å². The minimum atomic E-state index is -1.08. The monoisotopic (exact) mass is 403 g/mol. The van der Waals surface area contributed by atoms with Crippen molar-refractivity contribution in [2.24, 2.45) is 5.92 Å². The van der Waals surface area contributed by atoms with Crippen LogP contribution in [0, 0.1) is 11.7 Å². The summed E-state index contributed by atoms with van der Waals surface area (Å²) in [4.78, 5) is 35.7. The Morgan fingerprint density at radius 2 is 1.82 bits per heavy atom. The van der Waals surface area contributed by atoms with E-state index in [1.807, 2.05) is 0 Å². The van der Waals surface area contributed by atoms with Gasteiger partial charge in [-0.05, 0) is 29.7 Å². The Balaban J connectivity index is 2.29. The number of hydrogen-bond donors (Lipinski definition) is 2. The smallest absolute Gasteiger partial charge is 0.317 e. The summed E-state index contributed by atoms with van der Waals surface area (Å²) in [6, 6.07) is 14.0. The van der Waals surface area contributed by atoms with Crippen LogP contribution in [-0.2, 0) is 20.8 Å². The zero-order chi connectivity index (χ0) is 20.5. The van der Waals surface area contributed by atoms with E-state index in [4.69, 9.17) is 5.11 Å². The molecule has 0 radical (unpaired) electrons. The third kappa shape index (κ3) is 6.90. The van der Waals surface area contributed by atoms with Gasteiger partial charge in [-0.15, -0.1) is 0 Å². The normalized spacial score (nSPS) is 12.9. The number of rotatable bonds is 10. The molecule has 0 saturated heterocycles. The molecular formula is C21H22FNO4S. The first-order chi connectivity index (χ1) is 13.4. The van der Waals surface area contributed by atoms with Crippen molar-refractivity contribution in [3.63, 3.8) is 0 Å². The van der Waals surface area contributed by atoms with Gasteiger partial charge in [-0.3, -0.25) is 19.7 Å². The van der Waals surface area contributed by atoms with Gasteiger partial charge in [0.25, 0.3) is 0 Å². The predicted molar refractivity (Wildman–Crippen MR) is 107 cm³/mol. The molecule has 0 amide bonds. The number of benzene rings is 2. The number of aliphatic carboxylic acids is 1. The number of carbonyl (C=O) groups excluding carboxylic acids is 2. The highest BCUT2D eigenvalue weighted by Crippen LogP contribution is 2.24. The van der Waals surface area contributed by atoms with E-state index in [9.17, 15) is 18.8 Å². The molecule has 2 rings (SSSR count). The maximum atomic E-state index is 13.5. The van der Waals surface area contributed by atoms with E-state index in [2.05, 4.69) is 5.32 Å². The lowest BCUT2D eigenvalue weighted by Crippen LogP contribution is -2.37. The summed E-state index contributed by atoms with van der Waals surface area (Å²) in [6.07, 6.45) is 0.259. The van der Waals surface area contributed by atoms with Crippen LogP contribution < -0.4 is 5.32 Å². The minimum Gasteiger partial charge on any atom is -0.480 e. The molecule has 2 N–H and O–H groups in total. The average Bonchev–Trinajstić information content (AvgIpc) is 2.65. The molecule has 5 nitrogen and oxygen atoms in total. The van der Waals surface area contributed by atoms with Gasteiger partial charge in [-0.2, -0.15) is 0 Å². The van der Waals surface area contributed by atoms with E-state index in [0.29, 0.717) is 11.1 Å². The third-order valence-corrected chi connectivity index (χ3v) is 5.11. The Labute approximate surface area is 167 Å².